The normalized spacial score (nSPS) is 17.4. The fourth-order valence-electron chi connectivity index (χ4n) is 1.37. The third-order valence-corrected chi connectivity index (χ3v) is 2.43. The van der Waals surface area contributed by atoms with Crippen LogP contribution in [0.5, 0.6) is 0 Å². The maximum Gasteiger partial charge on any atom is 0.183 e. The number of rotatable bonds is 9. The van der Waals surface area contributed by atoms with Gasteiger partial charge in [-0.25, -0.2) is 0 Å². The van der Waals surface area contributed by atoms with Crippen LogP contribution in [0, 0.1) is 0 Å². The van der Waals surface area contributed by atoms with Crippen molar-refractivity contribution >= 4 is 0 Å². The second kappa shape index (κ2) is 9.09. The molecule has 0 amide bonds. The van der Waals surface area contributed by atoms with E-state index in [4.69, 9.17) is 14.9 Å². The maximum absolute atomic E-state index is 9.34. The summed E-state index contributed by atoms with van der Waals surface area (Å²) in [6, 6.07) is 0. The Morgan fingerprint density at radius 1 is 1.13 bits per heavy atom. The zero-order valence-electron chi connectivity index (χ0n) is 9.72. The van der Waals surface area contributed by atoms with Crippen molar-refractivity contribution in [2.75, 3.05) is 6.61 Å². The predicted molar refractivity (Wildman–Crippen MR) is 58.4 cm³/mol. The van der Waals surface area contributed by atoms with E-state index in [2.05, 4.69) is 6.92 Å². The van der Waals surface area contributed by atoms with Crippen molar-refractivity contribution in [1.29, 1.82) is 0 Å². The third kappa shape index (κ3) is 6.84. The van der Waals surface area contributed by atoms with Crippen LogP contribution < -0.4 is 0 Å². The lowest BCUT2D eigenvalue weighted by atomic mass is 10.1. The van der Waals surface area contributed by atoms with Crippen LogP contribution in [-0.2, 0) is 4.74 Å². The average molecular weight is 220 g/mol. The molecule has 0 bridgehead atoms. The van der Waals surface area contributed by atoms with Gasteiger partial charge in [0, 0.05) is 0 Å². The first-order chi connectivity index (χ1) is 7.15. The molecule has 0 aromatic rings. The first-order valence-corrected chi connectivity index (χ1v) is 5.78. The van der Waals surface area contributed by atoms with E-state index in [9.17, 15) is 5.11 Å². The third-order valence-electron chi connectivity index (χ3n) is 2.43. The lowest BCUT2D eigenvalue weighted by molar-refractivity contribution is -0.196. The van der Waals surface area contributed by atoms with Gasteiger partial charge in [0.1, 0.15) is 6.10 Å². The number of aliphatic hydroxyl groups excluding tert-OH is 3. The molecule has 0 aliphatic rings. The Kier molecular flexibility index (Phi) is 9.00. The molecule has 0 fully saturated rings. The Morgan fingerprint density at radius 3 is 2.27 bits per heavy atom. The highest BCUT2D eigenvalue weighted by atomic mass is 16.6. The molecule has 0 aromatic carbocycles. The van der Waals surface area contributed by atoms with Crippen LogP contribution in [0.1, 0.15) is 46.0 Å². The number of unbranched alkanes of at least 4 members (excludes halogenated alkanes) is 2. The summed E-state index contributed by atoms with van der Waals surface area (Å²) in [6.07, 6.45) is 2.55. The van der Waals surface area contributed by atoms with E-state index in [1.54, 1.807) is 0 Å². The Bertz CT molecular complexity index is 141. The van der Waals surface area contributed by atoms with Gasteiger partial charge in [-0.1, -0.05) is 33.1 Å². The monoisotopic (exact) mass is 220 g/mol. The van der Waals surface area contributed by atoms with E-state index in [-0.39, 0.29) is 6.10 Å². The van der Waals surface area contributed by atoms with Crippen LogP contribution in [0.4, 0.5) is 0 Å². The van der Waals surface area contributed by atoms with E-state index < -0.39 is 19.0 Å². The molecule has 0 aliphatic heterocycles. The lowest BCUT2D eigenvalue weighted by Gasteiger charge is -2.22. The summed E-state index contributed by atoms with van der Waals surface area (Å²) in [6.45, 7) is 3.63. The minimum Gasteiger partial charge on any atom is -0.393 e. The topological polar surface area (TPSA) is 69.9 Å². The highest BCUT2D eigenvalue weighted by molar-refractivity contribution is 4.61. The Hall–Kier alpha value is -0.160. The standard InChI is InChI=1S/C11H24O4/c1-3-5-6-7-9(4-2)15-11(14)10(13)8-12/h9-14H,3-8H2,1-2H3. The number of hydrogen-bond donors (Lipinski definition) is 3. The Labute approximate surface area is 91.9 Å². The molecule has 0 aromatic heterocycles. The van der Waals surface area contributed by atoms with Crippen LogP contribution >= 0.6 is 0 Å². The van der Waals surface area contributed by atoms with E-state index in [1.165, 1.54) is 0 Å². The molecule has 4 nitrogen and oxygen atoms in total. The van der Waals surface area contributed by atoms with Crippen molar-refractivity contribution in [2.45, 2.75) is 64.4 Å². The predicted octanol–water partition coefficient (Wildman–Crippen LogP) is 1.03. The summed E-state index contributed by atoms with van der Waals surface area (Å²) in [4.78, 5) is 0. The first kappa shape index (κ1) is 14.8. The van der Waals surface area contributed by atoms with Gasteiger partial charge in [0.25, 0.3) is 0 Å². The zero-order valence-corrected chi connectivity index (χ0v) is 9.72. The van der Waals surface area contributed by atoms with Crippen molar-refractivity contribution in [1.82, 2.24) is 0 Å². The molecule has 3 unspecified atom stereocenters. The van der Waals surface area contributed by atoms with Crippen LogP contribution in [0.15, 0.2) is 0 Å². The lowest BCUT2D eigenvalue weighted by Crippen LogP contribution is -2.35. The van der Waals surface area contributed by atoms with Gasteiger partial charge in [0.2, 0.25) is 0 Å². The second-order valence-corrected chi connectivity index (χ2v) is 3.80. The van der Waals surface area contributed by atoms with Gasteiger partial charge in [-0.15, -0.1) is 0 Å². The van der Waals surface area contributed by atoms with Crippen LogP contribution in [0.25, 0.3) is 0 Å². The molecule has 0 rings (SSSR count). The summed E-state index contributed by atoms with van der Waals surface area (Å²) in [5.41, 5.74) is 0. The van der Waals surface area contributed by atoms with Gasteiger partial charge < -0.3 is 20.1 Å². The first-order valence-electron chi connectivity index (χ1n) is 5.78. The van der Waals surface area contributed by atoms with Gasteiger partial charge in [0.05, 0.1) is 12.7 Å². The Balaban J connectivity index is 3.76. The number of hydrogen-bond acceptors (Lipinski definition) is 4. The van der Waals surface area contributed by atoms with E-state index in [0.29, 0.717) is 0 Å². The molecule has 0 aliphatic carbocycles. The summed E-state index contributed by atoms with van der Waals surface area (Å²) in [5.74, 6) is 0. The molecule has 92 valence electrons. The highest BCUT2D eigenvalue weighted by Crippen LogP contribution is 2.12. The molecule has 0 spiro atoms. The van der Waals surface area contributed by atoms with E-state index in [0.717, 1.165) is 32.1 Å². The van der Waals surface area contributed by atoms with Crippen molar-refractivity contribution in [3.63, 3.8) is 0 Å². The molecule has 3 N–H and O–H groups in total. The summed E-state index contributed by atoms with van der Waals surface area (Å²) < 4.78 is 5.24. The molecule has 4 heteroatoms. The minimum absolute atomic E-state index is 0.0345. The van der Waals surface area contributed by atoms with Crippen molar-refractivity contribution < 1.29 is 20.1 Å². The SMILES string of the molecule is CCCCCC(CC)OC(O)C(O)CO. The van der Waals surface area contributed by atoms with Gasteiger partial charge in [-0.05, 0) is 12.8 Å². The van der Waals surface area contributed by atoms with E-state index in [1.807, 2.05) is 6.92 Å². The molecule has 15 heavy (non-hydrogen) atoms. The van der Waals surface area contributed by atoms with Crippen molar-refractivity contribution in [3.8, 4) is 0 Å². The summed E-state index contributed by atoms with van der Waals surface area (Å²) in [5, 5.41) is 27.1. The maximum atomic E-state index is 9.34. The van der Waals surface area contributed by atoms with Gasteiger partial charge in [-0.3, -0.25) is 0 Å². The van der Waals surface area contributed by atoms with Gasteiger partial charge >= 0.3 is 0 Å². The van der Waals surface area contributed by atoms with Crippen molar-refractivity contribution in [3.05, 3.63) is 0 Å². The van der Waals surface area contributed by atoms with Crippen LogP contribution in [0.2, 0.25) is 0 Å². The fourth-order valence-corrected chi connectivity index (χ4v) is 1.37. The second-order valence-electron chi connectivity index (χ2n) is 3.80. The van der Waals surface area contributed by atoms with Crippen molar-refractivity contribution in [2.24, 2.45) is 0 Å². The van der Waals surface area contributed by atoms with Crippen LogP contribution in [0.3, 0.4) is 0 Å². The van der Waals surface area contributed by atoms with E-state index >= 15 is 0 Å². The number of aliphatic hydroxyl groups is 3. The van der Waals surface area contributed by atoms with Crippen LogP contribution in [-0.4, -0.2) is 40.4 Å². The Morgan fingerprint density at radius 2 is 1.80 bits per heavy atom. The summed E-state index contributed by atoms with van der Waals surface area (Å²) >= 11 is 0. The molecular weight excluding hydrogens is 196 g/mol. The molecule has 0 radical (unpaired) electrons. The molecule has 3 atom stereocenters. The van der Waals surface area contributed by atoms with Gasteiger partial charge in [-0.2, -0.15) is 0 Å². The highest BCUT2D eigenvalue weighted by Gasteiger charge is 2.19. The average Bonchev–Trinajstić information content (AvgIpc) is 2.26. The fraction of sp³-hybridized carbons (Fsp3) is 1.00. The molecule has 0 saturated heterocycles. The molecular formula is C11H24O4. The zero-order chi connectivity index (χ0) is 11.7. The molecule has 0 saturated carbocycles. The van der Waals surface area contributed by atoms with Gasteiger partial charge in [0.15, 0.2) is 6.29 Å². The largest absolute Gasteiger partial charge is 0.393 e. The molecule has 0 heterocycles. The quantitative estimate of drug-likeness (QED) is 0.401. The number of ether oxygens (including phenoxy) is 1. The summed E-state index contributed by atoms with van der Waals surface area (Å²) in [7, 11) is 0. The smallest absolute Gasteiger partial charge is 0.183 e. The minimum atomic E-state index is -1.28.